The lowest BCUT2D eigenvalue weighted by atomic mass is 9.72. The number of dihydropyridines is 1. The number of rotatable bonds is 6. The summed E-state index contributed by atoms with van der Waals surface area (Å²) < 4.78 is 10.9. The molecule has 2 heterocycles. The topological polar surface area (TPSA) is 76.7 Å². The molecule has 2 aromatic carbocycles. The molecule has 0 saturated carbocycles. The monoisotopic (exact) mass is 514 g/mol. The summed E-state index contributed by atoms with van der Waals surface area (Å²) in [6.07, 6.45) is 1.03. The molecule has 2 atom stereocenters. The minimum atomic E-state index is -0.410. The number of nitrogens with one attached hydrogen (secondary N) is 2. The third-order valence-electron chi connectivity index (χ3n) is 7.14. The van der Waals surface area contributed by atoms with Gasteiger partial charge in [0.15, 0.2) is 17.3 Å². The van der Waals surface area contributed by atoms with Crippen molar-refractivity contribution >= 4 is 28.7 Å². The molecule has 2 aliphatic rings. The van der Waals surface area contributed by atoms with Crippen molar-refractivity contribution in [1.82, 2.24) is 5.32 Å². The number of carbonyl (C=O) groups excluding carboxylic acids is 2. The number of thiophene rings is 1. The Bertz CT molecular complexity index is 1400. The van der Waals surface area contributed by atoms with Crippen LogP contribution in [0.5, 0.6) is 11.5 Å². The van der Waals surface area contributed by atoms with Gasteiger partial charge < -0.3 is 20.1 Å². The van der Waals surface area contributed by atoms with Gasteiger partial charge in [-0.2, -0.15) is 11.3 Å². The van der Waals surface area contributed by atoms with E-state index in [4.69, 9.17) is 9.47 Å². The molecular weight excluding hydrogens is 484 g/mol. The van der Waals surface area contributed by atoms with Crippen molar-refractivity contribution in [2.45, 2.75) is 38.5 Å². The van der Waals surface area contributed by atoms with Gasteiger partial charge in [-0.3, -0.25) is 9.59 Å². The largest absolute Gasteiger partial charge is 0.493 e. The highest BCUT2D eigenvalue weighted by Crippen LogP contribution is 2.46. The molecule has 0 radical (unpaired) electrons. The molecule has 0 saturated heterocycles. The molecule has 0 bridgehead atoms. The Labute approximate surface area is 221 Å². The first-order chi connectivity index (χ1) is 17.9. The van der Waals surface area contributed by atoms with E-state index in [1.807, 2.05) is 73.1 Å². The number of Topliss-reactive ketones (excluding diaryl/α,β-unsaturated/α-hetero) is 1. The van der Waals surface area contributed by atoms with Crippen LogP contribution in [0.1, 0.15) is 48.3 Å². The van der Waals surface area contributed by atoms with Crippen molar-refractivity contribution in [3.05, 3.63) is 98.5 Å². The number of anilines is 1. The number of allylic oxidation sites excluding steroid dienone is 3. The average molecular weight is 515 g/mol. The van der Waals surface area contributed by atoms with Crippen molar-refractivity contribution in [3.8, 4) is 11.5 Å². The van der Waals surface area contributed by atoms with Crippen LogP contribution >= 0.6 is 11.3 Å². The fourth-order valence-electron chi connectivity index (χ4n) is 5.29. The average Bonchev–Trinajstić information content (AvgIpc) is 3.43. The van der Waals surface area contributed by atoms with E-state index < -0.39 is 5.92 Å². The van der Waals surface area contributed by atoms with Gasteiger partial charge in [-0.1, -0.05) is 23.8 Å². The minimum absolute atomic E-state index is 0.00239. The fraction of sp³-hybridized carbons (Fsp3) is 0.267. The van der Waals surface area contributed by atoms with Crippen LogP contribution in [-0.2, 0) is 9.59 Å². The van der Waals surface area contributed by atoms with Gasteiger partial charge in [-0.15, -0.1) is 0 Å². The molecule has 2 N–H and O–H groups in total. The SMILES string of the molecule is COc1ccc([C@@H]2CC(=O)C3=C(C2)NC(C)=C(C(=O)Nc2ccc(C)cc2)[C@@H]3c2ccsc2)cc1OC. The molecule has 37 heavy (non-hydrogen) atoms. The second kappa shape index (κ2) is 10.3. The second-order valence-electron chi connectivity index (χ2n) is 9.51. The van der Waals surface area contributed by atoms with Crippen molar-refractivity contribution in [2.75, 3.05) is 19.5 Å². The third-order valence-corrected chi connectivity index (χ3v) is 7.84. The first-order valence-electron chi connectivity index (χ1n) is 12.3. The Kier molecular flexibility index (Phi) is 6.89. The van der Waals surface area contributed by atoms with Gasteiger partial charge in [-0.05, 0) is 78.4 Å². The van der Waals surface area contributed by atoms with E-state index >= 15 is 0 Å². The second-order valence-corrected chi connectivity index (χ2v) is 10.3. The summed E-state index contributed by atoms with van der Waals surface area (Å²) in [6.45, 7) is 3.92. The van der Waals surface area contributed by atoms with Crippen LogP contribution in [-0.4, -0.2) is 25.9 Å². The number of carbonyl (C=O) groups is 2. The summed E-state index contributed by atoms with van der Waals surface area (Å²) >= 11 is 1.57. The Morgan fingerprint density at radius 2 is 1.73 bits per heavy atom. The number of ketones is 1. The molecule has 0 unspecified atom stereocenters. The zero-order valence-corrected chi connectivity index (χ0v) is 22.2. The van der Waals surface area contributed by atoms with Gasteiger partial charge in [0.25, 0.3) is 5.91 Å². The van der Waals surface area contributed by atoms with Gasteiger partial charge >= 0.3 is 0 Å². The number of hydrogen-bond acceptors (Lipinski definition) is 6. The van der Waals surface area contributed by atoms with Gasteiger partial charge in [0.1, 0.15) is 0 Å². The highest BCUT2D eigenvalue weighted by atomic mass is 32.1. The number of aryl methyl sites for hydroxylation is 1. The zero-order chi connectivity index (χ0) is 26.1. The smallest absolute Gasteiger partial charge is 0.254 e. The number of amides is 1. The van der Waals surface area contributed by atoms with Crippen molar-refractivity contribution in [3.63, 3.8) is 0 Å². The molecule has 1 aliphatic carbocycles. The van der Waals surface area contributed by atoms with Gasteiger partial charge in [0.05, 0.1) is 14.2 Å². The molecule has 0 spiro atoms. The standard InChI is InChI=1S/C30H30N2O4S/c1-17-5-8-22(9-6-17)32-30(34)27-18(2)31-23-13-21(19-7-10-25(35-3)26(15-19)36-4)14-24(33)29(23)28(27)20-11-12-37-16-20/h5-12,15-16,21,28,31H,13-14H2,1-4H3,(H,32,34)/t21-,28-/m0/s1. The Morgan fingerprint density at radius 1 is 0.973 bits per heavy atom. The van der Waals surface area contributed by atoms with Crippen LogP contribution < -0.4 is 20.1 Å². The number of hydrogen-bond donors (Lipinski definition) is 2. The number of methoxy groups -OCH3 is 2. The lowest BCUT2D eigenvalue weighted by Crippen LogP contribution is -2.36. The Hall–Kier alpha value is -3.84. The summed E-state index contributed by atoms with van der Waals surface area (Å²) in [7, 11) is 3.22. The van der Waals surface area contributed by atoms with Crippen molar-refractivity contribution in [2.24, 2.45) is 0 Å². The lowest BCUT2D eigenvalue weighted by molar-refractivity contribution is -0.116. The molecule has 0 fully saturated rings. The summed E-state index contributed by atoms with van der Waals surface area (Å²) in [5, 5.41) is 10.5. The molecule has 1 amide bonds. The van der Waals surface area contributed by atoms with E-state index in [2.05, 4.69) is 10.6 Å². The van der Waals surface area contributed by atoms with E-state index in [1.165, 1.54) is 0 Å². The van der Waals surface area contributed by atoms with E-state index in [0.717, 1.165) is 33.8 Å². The molecular formula is C30H30N2O4S. The van der Waals surface area contributed by atoms with Gasteiger partial charge in [0.2, 0.25) is 0 Å². The van der Waals surface area contributed by atoms with Gasteiger partial charge in [0, 0.05) is 40.6 Å². The summed E-state index contributed by atoms with van der Waals surface area (Å²) in [5.74, 6) is 0.740. The number of benzene rings is 2. The minimum Gasteiger partial charge on any atom is -0.493 e. The van der Waals surface area contributed by atoms with Crippen LogP contribution in [0.4, 0.5) is 5.69 Å². The Morgan fingerprint density at radius 3 is 2.41 bits per heavy atom. The van der Waals surface area contributed by atoms with Crippen LogP contribution in [0.3, 0.4) is 0 Å². The molecule has 5 rings (SSSR count). The molecule has 190 valence electrons. The first kappa shape index (κ1) is 24.8. The predicted molar refractivity (Wildman–Crippen MR) is 146 cm³/mol. The fourth-order valence-corrected chi connectivity index (χ4v) is 5.98. The van der Waals surface area contributed by atoms with Crippen LogP contribution in [0.25, 0.3) is 0 Å². The normalized spacial score (nSPS) is 19.3. The zero-order valence-electron chi connectivity index (χ0n) is 21.4. The first-order valence-corrected chi connectivity index (χ1v) is 13.2. The Balaban J connectivity index is 1.50. The third kappa shape index (κ3) is 4.79. The predicted octanol–water partition coefficient (Wildman–Crippen LogP) is 6.07. The van der Waals surface area contributed by atoms with Gasteiger partial charge in [-0.25, -0.2) is 0 Å². The van der Waals surface area contributed by atoms with E-state index in [-0.39, 0.29) is 17.6 Å². The van der Waals surface area contributed by atoms with Crippen LogP contribution in [0.2, 0.25) is 0 Å². The highest BCUT2D eigenvalue weighted by molar-refractivity contribution is 7.08. The van der Waals surface area contributed by atoms with Crippen molar-refractivity contribution < 1.29 is 19.1 Å². The maximum atomic E-state index is 13.8. The molecule has 3 aromatic rings. The van der Waals surface area contributed by atoms with Crippen LogP contribution in [0.15, 0.2) is 81.8 Å². The van der Waals surface area contributed by atoms with Crippen molar-refractivity contribution in [1.29, 1.82) is 0 Å². The van der Waals surface area contributed by atoms with Crippen LogP contribution in [0, 0.1) is 6.92 Å². The van der Waals surface area contributed by atoms with E-state index in [1.54, 1.807) is 25.6 Å². The highest BCUT2D eigenvalue weighted by Gasteiger charge is 2.41. The molecule has 1 aromatic heterocycles. The lowest BCUT2D eigenvalue weighted by Gasteiger charge is -2.36. The molecule has 1 aliphatic heterocycles. The maximum Gasteiger partial charge on any atom is 0.254 e. The molecule has 6 nitrogen and oxygen atoms in total. The van der Waals surface area contributed by atoms with E-state index in [0.29, 0.717) is 35.5 Å². The summed E-state index contributed by atoms with van der Waals surface area (Å²) in [4.78, 5) is 27.4. The van der Waals surface area contributed by atoms with E-state index in [9.17, 15) is 9.59 Å². The summed E-state index contributed by atoms with van der Waals surface area (Å²) in [5.41, 5.74) is 6.75. The summed E-state index contributed by atoms with van der Waals surface area (Å²) in [6, 6.07) is 15.5. The quantitative estimate of drug-likeness (QED) is 0.417. The molecule has 7 heteroatoms. The maximum absolute atomic E-state index is 13.8. The number of ether oxygens (including phenoxy) is 2.